The average molecular weight is 598 g/mol. The summed E-state index contributed by atoms with van der Waals surface area (Å²) < 4.78 is 50.5. The molecular weight excluding hydrogens is 558 g/mol. The summed E-state index contributed by atoms with van der Waals surface area (Å²) in [5.41, 5.74) is 1.61. The molecule has 1 saturated heterocycles. The number of benzene rings is 3. The maximum absolute atomic E-state index is 13.5. The fourth-order valence-corrected chi connectivity index (χ4v) is 6.07. The van der Waals surface area contributed by atoms with E-state index >= 15 is 0 Å². The number of hydrogen-bond acceptors (Lipinski definition) is 8. The minimum Gasteiger partial charge on any atom is -0.495 e. The molecule has 226 valence electrons. The second-order valence-electron chi connectivity index (χ2n) is 9.99. The smallest absolute Gasteiger partial charge is 0.263 e. The van der Waals surface area contributed by atoms with E-state index in [0.717, 1.165) is 5.56 Å². The molecule has 0 bridgehead atoms. The quantitative estimate of drug-likeness (QED) is 0.312. The van der Waals surface area contributed by atoms with Crippen molar-refractivity contribution >= 4 is 21.6 Å². The number of rotatable bonds is 12. The largest absolute Gasteiger partial charge is 0.495 e. The number of anilines is 1. The molecule has 0 N–H and O–H groups in total. The molecule has 1 aliphatic rings. The number of carbonyl (C=O) groups is 1. The number of amides is 1. The van der Waals surface area contributed by atoms with E-state index in [-0.39, 0.29) is 17.3 Å². The molecule has 0 aromatic heterocycles. The summed E-state index contributed by atoms with van der Waals surface area (Å²) in [6.45, 7) is 4.04. The van der Waals surface area contributed by atoms with Crippen LogP contribution in [0.4, 0.5) is 5.69 Å². The van der Waals surface area contributed by atoms with Crippen molar-refractivity contribution in [2.75, 3.05) is 66.0 Å². The van der Waals surface area contributed by atoms with Crippen molar-refractivity contribution in [1.29, 1.82) is 0 Å². The van der Waals surface area contributed by atoms with Crippen LogP contribution in [0.15, 0.2) is 71.6 Å². The van der Waals surface area contributed by atoms with Gasteiger partial charge in [0.25, 0.3) is 5.91 Å². The molecule has 1 aliphatic heterocycles. The highest BCUT2D eigenvalue weighted by atomic mass is 32.2. The highest BCUT2D eigenvalue weighted by molar-refractivity contribution is 7.89. The third-order valence-electron chi connectivity index (χ3n) is 7.36. The number of piperazine rings is 1. The zero-order chi connectivity index (χ0) is 30.3. The number of para-hydroxylation sites is 1. The van der Waals surface area contributed by atoms with Gasteiger partial charge in [-0.3, -0.25) is 4.79 Å². The molecule has 4 rings (SSSR count). The molecule has 3 aromatic rings. The van der Waals surface area contributed by atoms with Gasteiger partial charge in [0, 0.05) is 39.8 Å². The van der Waals surface area contributed by atoms with E-state index in [1.54, 1.807) is 58.4 Å². The molecule has 42 heavy (non-hydrogen) atoms. The van der Waals surface area contributed by atoms with Gasteiger partial charge in [-0.15, -0.1) is 0 Å². The van der Waals surface area contributed by atoms with Crippen LogP contribution in [0.2, 0.25) is 0 Å². The topological polar surface area (TPSA) is 97.9 Å². The Kier molecular flexibility index (Phi) is 10.2. The Morgan fingerprint density at radius 2 is 1.50 bits per heavy atom. The number of methoxy groups -OCH3 is 3. The van der Waals surface area contributed by atoms with Gasteiger partial charge in [-0.25, -0.2) is 12.7 Å². The highest BCUT2D eigenvalue weighted by Gasteiger charge is 2.29. The predicted octanol–water partition coefficient (Wildman–Crippen LogP) is 3.69. The van der Waals surface area contributed by atoms with Gasteiger partial charge in [0.2, 0.25) is 10.0 Å². The van der Waals surface area contributed by atoms with Gasteiger partial charge in [-0.1, -0.05) is 24.3 Å². The first-order chi connectivity index (χ1) is 20.2. The van der Waals surface area contributed by atoms with Crippen molar-refractivity contribution in [3.8, 4) is 23.0 Å². The highest BCUT2D eigenvalue weighted by Crippen LogP contribution is 2.33. The van der Waals surface area contributed by atoms with E-state index in [0.29, 0.717) is 61.3 Å². The Morgan fingerprint density at radius 3 is 2.14 bits per heavy atom. The van der Waals surface area contributed by atoms with Crippen LogP contribution in [0.25, 0.3) is 0 Å². The molecule has 0 saturated carbocycles. The molecule has 1 heterocycles. The zero-order valence-corrected chi connectivity index (χ0v) is 25.6. The molecule has 3 aromatic carbocycles. The summed E-state index contributed by atoms with van der Waals surface area (Å²) in [6, 6.07) is 19.7. The van der Waals surface area contributed by atoms with Gasteiger partial charge in [0.1, 0.15) is 11.5 Å². The minimum absolute atomic E-state index is 0.0853. The average Bonchev–Trinajstić information content (AvgIpc) is 3.03. The van der Waals surface area contributed by atoms with Crippen LogP contribution >= 0.6 is 0 Å². The fourth-order valence-electron chi connectivity index (χ4n) is 4.88. The van der Waals surface area contributed by atoms with Crippen LogP contribution in [-0.2, 0) is 21.2 Å². The van der Waals surface area contributed by atoms with Gasteiger partial charge < -0.3 is 28.7 Å². The molecule has 0 radical (unpaired) electrons. The van der Waals surface area contributed by atoms with Crippen LogP contribution < -0.4 is 23.8 Å². The van der Waals surface area contributed by atoms with Crippen LogP contribution in [0.5, 0.6) is 23.0 Å². The van der Waals surface area contributed by atoms with Crippen molar-refractivity contribution in [3.05, 3.63) is 72.3 Å². The minimum atomic E-state index is -3.77. The summed E-state index contributed by atoms with van der Waals surface area (Å²) in [5, 5.41) is 0. The number of carbonyl (C=O) groups excluding carboxylic acids is 1. The SMILES string of the molecule is COc1ccc(CCN(C)S(=O)(=O)c2ccc(OC)c(N3CCN(C(=O)[C@@H](C)Oc4ccccc4)CC3)c2)cc1OC. The van der Waals surface area contributed by atoms with Crippen LogP contribution in [0.3, 0.4) is 0 Å². The number of sulfonamides is 1. The molecular formula is C31H39N3O7S. The Labute approximate surface area is 248 Å². The standard InChI is InChI=1S/C31H39N3O7S/c1-23(41-25-9-7-6-8-10-25)31(35)34-19-17-33(18-20-34)27-22-26(12-14-28(27)38-3)42(36,37)32(2)16-15-24-11-13-29(39-4)30(21-24)40-5/h6-14,21-23H,15-20H2,1-5H3/t23-/m1/s1. The van der Waals surface area contributed by atoms with E-state index in [1.807, 2.05) is 53.4 Å². The number of likely N-dealkylation sites (N-methyl/N-ethyl adjacent to an activating group) is 1. The van der Waals surface area contributed by atoms with Crippen LogP contribution in [0, 0.1) is 0 Å². The summed E-state index contributed by atoms with van der Waals surface area (Å²) in [6.07, 6.45) is -0.113. The molecule has 10 nitrogen and oxygen atoms in total. The molecule has 0 aliphatic carbocycles. The summed E-state index contributed by atoms with van der Waals surface area (Å²) >= 11 is 0. The van der Waals surface area contributed by atoms with E-state index in [2.05, 4.69) is 0 Å². The normalized spacial score (nSPS) is 14.4. The van der Waals surface area contributed by atoms with Crippen molar-refractivity contribution in [2.45, 2.75) is 24.3 Å². The molecule has 11 heteroatoms. The van der Waals surface area contributed by atoms with Gasteiger partial charge in [-0.05, 0) is 61.4 Å². The molecule has 0 spiro atoms. The Balaban J connectivity index is 1.41. The molecule has 0 unspecified atom stereocenters. The zero-order valence-electron chi connectivity index (χ0n) is 24.8. The predicted molar refractivity (Wildman–Crippen MR) is 161 cm³/mol. The van der Waals surface area contributed by atoms with E-state index in [4.69, 9.17) is 18.9 Å². The number of nitrogens with zero attached hydrogens (tertiary/aromatic N) is 3. The molecule has 1 atom stereocenters. The third-order valence-corrected chi connectivity index (χ3v) is 9.21. The van der Waals surface area contributed by atoms with E-state index in [1.165, 1.54) is 4.31 Å². The summed E-state index contributed by atoms with van der Waals surface area (Å²) in [5.74, 6) is 2.35. The lowest BCUT2D eigenvalue weighted by Crippen LogP contribution is -2.52. The lowest BCUT2D eigenvalue weighted by atomic mass is 10.1. The Bertz CT molecular complexity index is 1460. The van der Waals surface area contributed by atoms with Crippen molar-refractivity contribution in [1.82, 2.24) is 9.21 Å². The summed E-state index contributed by atoms with van der Waals surface area (Å²) in [4.78, 5) is 17.0. The Morgan fingerprint density at radius 1 is 0.857 bits per heavy atom. The van der Waals surface area contributed by atoms with E-state index < -0.39 is 16.1 Å². The Hall–Kier alpha value is -3.96. The maximum atomic E-state index is 13.5. The van der Waals surface area contributed by atoms with Gasteiger partial charge >= 0.3 is 0 Å². The van der Waals surface area contributed by atoms with Gasteiger partial charge in [-0.2, -0.15) is 0 Å². The first kappa shape index (κ1) is 31.0. The third kappa shape index (κ3) is 7.08. The maximum Gasteiger partial charge on any atom is 0.263 e. The van der Waals surface area contributed by atoms with Gasteiger partial charge in [0.05, 0.1) is 31.9 Å². The van der Waals surface area contributed by atoms with Crippen molar-refractivity contribution in [3.63, 3.8) is 0 Å². The fraction of sp³-hybridized carbons (Fsp3) is 0.387. The number of ether oxygens (including phenoxy) is 4. The molecule has 1 fully saturated rings. The van der Waals surface area contributed by atoms with E-state index in [9.17, 15) is 13.2 Å². The second-order valence-corrected chi connectivity index (χ2v) is 12.0. The van der Waals surface area contributed by atoms with Crippen LogP contribution in [0.1, 0.15) is 12.5 Å². The number of hydrogen-bond donors (Lipinski definition) is 0. The van der Waals surface area contributed by atoms with Crippen molar-refractivity contribution in [2.24, 2.45) is 0 Å². The van der Waals surface area contributed by atoms with Gasteiger partial charge in [0.15, 0.2) is 17.6 Å². The lowest BCUT2D eigenvalue weighted by Gasteiger charge is -2.37. The lowest BCUT2D eigenvalue weighted by molar-refractivity contribution is -0.138. The first-order valence-electron chi connectivity index (χ1n) is 13.8. The second kappa shape index (κ2) is 13.8. The summed E-state index contributed by atoms with van der Waals surface area (Å²) in [7, 11) is 2.50. The van der Waals surface area contributed by atoms with Crippen LogP contribution in [-0.4, -0.2) is 90.7 Å². The van der Waals surface area contributed by atoms with Crippen molar-refractivity contribution < 1.29 is 32.2 Å². The monoisotopic (exact) mass is 597 g/mol. The first-order valence-corrected chi connectivity index (χ1v) is 15.2. The molecule has 1 amide bonds.